The van der Waals surface area contributed by atoms with Crippen molar-refractivity contribution >= 4 is 60.2 Å². The Morgan fingerprint density at radius 3 is 1.73 bits per heavy atom. The van der Waals surface area contributed by atoms with Crippen LogP contribution in [0.25, 0.3) is 54.2 Å². The van der Waals surface area contributed by atoms with Gasteiger partial charge in [-0.2, -0.15) is 0 Å². The molecule has 0 amide bonds. The Labute approximate surface area is 246 Å². The van der Waals surface area contributed by atoms with E-state index in [0.717, 1.165) is 43.7 Å². The molecule has 0 heterocycles. The summed E-state index contributed by atoms with van der Waals surface area (Å²) in [5, 5.41) is 8.81. The van der Waals surface area contributed by atoms with Crippen LogP contribution in [-0.2, 0) is 0 Å². The predicted molar refractivity (Wildman–Crippen MR) is 177 cm³/mol. The molecule has 192 valence electrons. The largest absolute Gasteiger partial charge is 0.310 e. The van der Waals surface area contributed by atoms with Gasteiger partial charge in [-0.05, 0) is 85.2 Å². The second-order valence-corrected chi connectivity index (χ2v) is 10.2. The molecule has 0 atom stereocenters. The SMILES string of the molecule is [2H]c1c([2H])c([2H])c(N(c2ccc(-c3ccc4c(ccc5ccccc54)c3)cc2)c2cc3ccccc3c3ccccc23)c([2H])c1[2H]. The van der Waals surface area contributed by atoms with Crippen LogP contribution in [0, 0.1) is 0 Å². The summed E-state index contributed by atoms with van der Waals surface area (Å²) in [4.78, 5) is 1.81. The molecule has 0 spiro atoms. The third-order valence-electron chi connectivity index (χ3n) is 7.90. The maximum Gasteiger partial charge on any atom is 0.0645 e. The smallest absolute Gasteiger partial charge is 0.0645 e. The maximum absolute atomic E-state index is 8.93. The number of fused-ring (bicyclic) bond motifs is 6. The van der Waals surface area contributed by atoms with E-state index in [1.807, 2.05) is 71.6 Å². The zero-order valence-electron chi connectivity index (χ0n) is 27.1. The molecule has 1 heteroatoms. The fraction of sp³-hybridized carbons (Fsp3) is 0. The number of hydrogen-bond acceptors (Lipinski definition) is 1. The number of rotatable bonds is 4. The van der Waals surface area contributed by atoms with Gasteiger partial charge in [-0.3, -0.25) is 0 Å². The highest BCUT2D eigenvalue weighted by Gasteiger charge is 2.17. The van der Waals surface area contributed by atoms with E-state index >= 15 is 0 Å². The van der Waals surface area contributed by atoms with Crippen molar-refractivity contribution in [2.45, 2.75) is 0 Å². The van der Waals surface area contributed by atoms with Gasteiger partial charge in [0.15, 0.2) is 0 Å². The number of anilines is 3. The first-order chi connectivity index (χ1) is 22.4. The Balaban J connectivity index is 1.33. The highest BCUT2D eigenvalue weighted by Crippen LogP contribution is 2.42. The van der Waals surface area contributed by atoms with Crippen molar-refractivity contribution in [3.8, 4) is 11.1 Å². The van der Waals surface area contributed by atoms with Gasteiger partial charge in [-0.15, -0.1) is 0 Å². The summed E-state index contributed by atoms with van der Waals surface area (Å²) >= 11 is 0. The van der Waals surface area contributed by atoms with Crippen molar-refractivity contribution in [3.05, 3.63) is 164 Å². The first kappa shape index (κ1) is 18.8. The molecule has 0 aliphatic carbocycles. The van der Waals surface area contributed by atoms with Crippen LogP contribution in [0.5, 0.6) is 0 Å². The van der Waals surface area contributed by atoms with Crippen molar-refractivity contribution in [3.63, 3.8) is 0 Å². The molecule has 0 fully saturated rings. The van der Waals surface area contributed by atoms with Gasteiger partial charge in [0, 0.05) is 16.8 Å². The molecular formula is C40H27N. The predicted octanol–water partition coefficient (Wildman–Crippen LogP) is 11.4. The lowest BCUT2D eigenvalue weighted by Crippen LogP contribution is -2.10. The highest BCUT2D eigenvalue weighted by molar-refractivity contribution is 6.14. The number of benzene rings is 8. The van der Waals surface area contributed by atoms with E-state index in [1.54, 1.807) is 0 Å². The molecule has 0 saturated carbocycles. The average molecular weight is 527 g/mol. The Morgan fingerprint density at radius 1 is 0.390 bits per heavy atom. The summed E-state index contributed by atoms with van der Waals surface area (Å²) in [6, 6.07) is 43.7. The van der Waals surface area contributed by atoms with E-state index in [9.17, 15) is 0 Å². The molecule has 8 rings (SSSR count). The van der Waals surface area contributed by atoms with Crippen LogP contribution in [0.2, 0.25) is 0 Å². The minimum Gasteiger partial charge on any atom is -0.310 e. The van der Waals surface area contributed by atoms with Crippen molar-refractivity contribution in [1.29, 1.82) is 0 Å². The van der Waals surface area contributed by atoms with E-state index in [4.69, 9.17) is 6.85 Å². The van der Waals surface area contributed by atoms with Gasteiger partial charge in [-0.25, -0.2) is 0 Å². The number of hydrogen-bond donors (Lipinski definition) is 0. The van der Waals surface area contributed by atoms with Crippen LogP contribution in [0.15, 0.2) is 164 Å². The van der Waals surface area contributed by atoms with Crippen LogP contribution >= 0.6 is 0 Å². The molecule has 0 radical (unpaired) electrons. The van der Waals surface area contributed by atoms with E-state index in [0.29, 0.717) is 5.69 Å². The second-order valence-electron chi connectivity index (χ2n) is 10.2. The van der Waals surface area contributed by atoms with Crippen molar-refractivity contribution in [2.75, 3.05) is 4.90 Å². The first-order valence-electron chi connectivity index (χ1n) is 16.2. The van der Waals surface area contributed by atoms with Crippen molar-refractivity contribution < 1.29 is 6.85 Å². The summed E-state index contributed by atoms with van der Waals surface area (Å²) < 4.78 is 43.1. The lowest BCUT2D eigenvalue weighted by atomic mass is 9.97. The molecule has 0 N–H and O–H groups in total. The Bertz CT molecular complexity index is 2460. The molecule has 8 aromatic rings. The third-order valence-corrected chi connectivity index (χ3v) is 7.90. The maximum atomic E-state index is 8.93. The van der Waals surface area contributed by atoms with Crippen LogP contribution in [0.3, 0.4) is 0 Å². The fourth-order valence-electron chi connectivity index (χ4n) is 5.96. The second kappa shape index (κ2) is 9.66. The zero-order valence-corrected chi connectivity index (χ0v) is 22.1. The molecule has 41 heavy (non-hydrogen) atoms. The van der Waals surface area contributed by atoms with Gasteiger partial charge in [0.1, 0.15) is 0 Å². The van der Waals surface area contributed by atoms with E-state index < -0.39 is 6.04 Å². The van der Waals surface area contributed by atoms with E-state index in [-0.39, 0.29) is 29.9 Å². The Morgan fingerprint density at radius 2 is 0.951 bits per heavy atom. The normalized spacial score (nSPS) is 13.1. The summed E-state index contributed by atoms with van der Waals surface area (Å²) in [5.74, 6) is 0. The van der Waals surface area contributed by atoms with Crippen LogP contribution in [0.4, 0.5) is 17.1 Å². The lowest BCUT2D eigenvalue weighted by molar-refractivity contribution is 1.30. The van der Waals surface area contributed by atoms with Gasteiger partial charge >= 0.3 is 0 Å². The summed E-state index contributed by atoms with van der Waals surface area (Å²) in [6.45, 7) is 0. The highest BCUT2D eigenvalue weighted by atomic mass is 15.1. The van der Waals surface area contributed by atoms with Crippen LogP contribution in [0.1, 0.15) is 6.85 Å². The topological polar surface area (TPSA) is 3.24 Å². The summed E-state index contributed by atoms with van der Waals surface area (Å²) in [6.07, 6.45) is 0. The van der Waals surface area contributed by atoms with Gasteiger partial charge < -0.3 is 4.90 Å². The quantitative estimate of drug-likeness (QED) is 0.206. The molecular weight excluding hydrogens is 494 g/mol. The van der Waals surface area contributed by atoms with Gasteiger partial charge in [0.2, 0.25) is 0 Å². The molecule has 1 nitrogen and oxygen atoms in total. The van der Waals surface area contributed by atoms with E-state index in [2.05, 4.69) is 66.7 Å². The Hall–Kier alpha value is -5.40. The molecule has 0 aliphatic heterocycles. The molecule has 8 aromatic carbocycles. The average Bonchev–Trinajstić information content (AvgIpc) is 3.11. The standard InChI is InChI=1S/C40H27N/c1-2-12-33(13-3-1)41(40-27-31-11-5-7-15-36(31)38-16-8-9-17-39(38)40)34-23-20-28(21-24-34)30-22-25-37-32(26-30)19-18-29-10-4-6-14-35(29)37/h1-27H/i1D,2D,3D,12D,13D. The number of nitrogens with zero attached hydrogens (tertiary/aromatic N) is 1. The summed E-state index contributed by atoms with van der Waals surface area (Å²) in [7, 11) is 0. The molecule has 0 aromatic heterocycles. The molecule has 0 unspecified atom stereocenters. The molecule has 0 bridgehead atoms. The molecule has 0 aliphatic rings. The van der Waals surface area contributed by atoms with Gasteiger partial charge in [-0.1, -0.05) is 127 Å². The van der Waals surface area contributed by atoms with Gasteiger partial charge in [0.25, 0.3) is 0 Å². The van der Waals surface area contributed by atoms with Crippen LogP contribution < -0.4 is 4.90 Å². The number of para-hydroxylation sites is 1. The van der Waals surface area contributed by atoms with Crippen LogP contribution in [-0.4, -0.2) is 0 Å². The van der Waals surface area contributed by atoms with Crippen molar-refractivity contribution in [1.82, 2.24) is 0 Å². The van der Waals surface area contributed by atoms with Crippen molar-refractivity contribution in [2.24, 2.45) is 0 Å². The minimum atomic E-state index is -0.415. The van der Waals surface area contributed by atoms with E-state index in [1.165, 1.54) is 16.2 Å². The summed E-state index contributed by atoms with van der Waals surface area (Å²) in [5.41, 5.74) is 3.62. The lowest BCUT2D eigenvalue weighted by Gasteiger charge is -2.27. The minimum absolute atomic E-state index is 0.108. The monoisotopic (exact) mass is 526 g/mol. The fourth-order valence-corrected chi connectivity index (χ4v) is 5.96. The third kappa shape index (κ3) is 4.02. The Kier molecular flexibility index (Phi) is 4.43. The molecule has 0 saturated heterocycles. The first-order valence-corrected chi connectivity index (χ1v) is 13.7. The zero-order chi connectivity index (χ0) is 31.5. The van der Waals surface area contributed by atoms with Gasteiger partial charge in [0.05, 0.1) is 12.5 Å².